The molecule has 1 N–H and O–H groups in total. The van der Waals surface area contributed by atoms with Crippen molar-refractivity contribution in [1.82, 2.24) is 4.98 Å². The zero-order valence-electron chi connectivity index (χ0n) is 9.77. The minimum Gasteiger partial charge on any atom is -0.364 e. The van der Waals surface area contributed by atoms with Crippen molar-refractivity contribution in [2.75, 3.05) is 5.32 Å². The van der Waals surface area contributed by atoms with Crippen molar-refractivity contribution in [3.05, 3.63) is 45.9 Å². The van der Waals surface area contributed by atoms with E-state index in [-0.39, 0.29) is 6.04 Å². The van der Waals surface area contributed by atoms with Gasteiger partial charge in [-0.15, -0.1) is 11.3 Å². The van der Waals surface area contributed by atoms with Gasteiger partial charge in [-0.25, -0.2) is 4.98 Å². The van der Waals surface area contributed by atoms with Gasteiger partial charge in [-0.05, 0) is 31.5 Å². The molecule has 3 nitrogen and oxygen atoms in total. The lowest BCUT2D eigenvalue weighted by molar-refractivity contribution is 0.962. The number of aromatic nitrogens is 1. The third-order valence-corrected chi connectivity index (χ3v) is 3.37. The maximum Gasteiger partial charge on any atom is 0.166 e. The SMILES string of the molecule is Cc1cccc(NC(C#N)c2nc(C)cs2)c1. The number of rotatable bonds is 3. The quantitative estimate of drug-likeness (QED) is 0.898. The third kappa shape index (κ3) is 2.83. The normalized spacial score (nSPS) is 11.8. The summed E-state index contributed by atoms with van der Waals surface area (Å²) in [5, 5.41) is 15.1. The fourth-order valence-electron chi connectivity index (χ4n) is 1.56. The summed E-state index contributed by atoms with van der Waals surface area (Å²) in [5.41, 5.74) is 3.07. The Morgan fingerprint density at radius 2 is 2.24 bits per heavy atom. The van der Waals surface area contributed by atoms with Crippen LogP contribution < -0.4 is 5.32 Å². The number of anilines is 1. The minimum absolute atomic E-state index is 0.379. The molecular weight excluding hydrogens is 230 g/mol. The molecule has 1 heterocycles. The lowest BCUT2D eigenvalue weighted by Gasteiger charge is -2.10. The average Bonchev–Trinajstić information content (AvgIpc) is 2.73. The van der Waals surface area contributed by atoms with Crippen LogP contribution in [0.4, 0.5) is 5.69 Å². The molecule has 0 aliphatic heterocycles. The first kappa shape index (κ1) is 11.6. The van der Waals surface area contributed by atoms with E-state index >= 15 is 0 Å². The van der Waals surface area contributed by atoms with Gasteiger partial charge in [-0.3, -0.25) is 0 Å². The van der Waals surface area contributed by atoms with Crippen molar-refractivity contribution in [3.8, 4) is 6.07 Å². The van der Waals surface area contributed by atoms with Gasteiger partial charge >= 0.3 is 0 Å². The molecule has 1 aromatic carbocycles. The molecule has 17 heavy (non-hydrogen) atoms. The Labute approximate surface area is 105 Å². The van der Waals surface area contributed by atoms with Crippen LogP contribution in [0.1, 0.15) is 22.3 Å². The topological polar surface area (TPSA) is 48.7 Å². The molecule has 0 amide bonds. The van der Waals surface area contributed by atoms with E-state index in [1.165, 1.54) is 16.9 Å². The van der Waals surface area contributed by atoms with Crippen LogP contribution in [0.2, 0.25) is 0 Å². The average molecular weight is 243 g/mol. The van der Waals surface area contributed by atoms with Crippen LogP contribution in [-0.4, -0.2) is 4.98 Å². The molecule has 0 saturated carbocycles. The molecular formula is C13H13N3S. The standard InChI is InChI=1S/C13H13N3S/c1-9-4-3-5-11(6-9)16-12(7-14)13-15-10(2)8-17-13/h3-6,8,12,16H,1-2H3. The summed E-state index contributed by atoms with van der Waals surface area (Å²) in [7, 11) is 0. The largest absolute Gasteiger partial charge is 0.364 e. The Bertz CT molecular complexity index is 554. The number of hydrogen-bond acceptors (Lipinski definition) is 4. The van der Waals surface area contributed by atoms with Crippen molar-refractivity contribution in [2.24, 2.45) is 0 Å². The van der Waals surface area contributed by atoms with E-state index in [0.717, 1.165) is 16.4 Å². The fraction of sp³-hybridized carbons (Fsp3) is 0.231. The van der Waals surface area contributed by atoms with Gasteiger partial charge in [0.1, 0.15) is 5.01 Å². The van der Waals surface area contributed by atoms with Crippen LogP contribution in [-0.2, 0) is 0 Å². The van der Waals surface area contributed by atoms with Gasteiger partial charge in [0, 0.05) is 16.8 Å². The Balaban J connectivity index is 2.19. The molecule has 0 saturated heterocycles. The summed E-state index contributed by atoms with van der Waals surface area (Å²) < 4.78 is 0. The van der Waals surface area contributed by atoms with Crippen LogP contribution in [0, 0.1) is 25.2 Å². The molecule has 0 bridgehead atoms. The van der Waals surface area contributed by atoms with E-state index in [4.69, 9.17) is 0 Å². The van der Waals surface area contributed by atoms with Crippen molar-refractivity contribution in [2.45, 2.75) is 19.9 Å². The number of nitriles is 1. The van der Waals surface area contributed by atoms with Crippen LogP contribution in [0.15, 0.2) is 29.6 Å². The van der Waals surface area contributed by atoms with Crippen LogP contribution in [0.3, 0.4) is 0 Å². The number of nitrogens with zero attached hydrogens (tertiary/aromatic N) is 2. The zero-order valence-corrected chi connectivity index (χ0v) is 10.6. The Morgan fingerprint density at radius 3 is 2.82 bits per heavy atom. The van der Waals surface area contributed by atoms with Crippen molar-refractivity contribution < 1.29 is 0 Å². The third-order valence-electron chi connectivity index (χ3n) is 2.34. The number of thiazole rings is 1. The van der Waals surface area contributed by atoms with Gasteiger partial charge in [0.25, 0.3) is 0 Å². The predicted molar refractivity (Wildman–Crippen MR) is 70.0 cm³/mol. The molecule has 4 heteroatoms. The highest BCUT2D eigenvalue weighted by Gasteiger charge is 2.13. The Morgan fingerprint density at radius 1 is 1.41 bits per heavy atom. The first-order valence-electron chi connectivity index (χ1n) is 5.34. The predicted octanol–water partition coefficient (Wildman–Crippen LogP) is 3.44. The molecule has 1 atom stereocenters. The van der Waals surface area contributed by atoms with Gasteiger partial charge in [-0.2, -0.15) is 5.26 Å². The van der Waals surface area contributed by atoms with Crippen LogP contribution in [0.5, 0.6) is 0 Å². The lowest BCUT2D eigenvalue weighted by atomic mass is 10.2. The molecule has 0 aliphatic carbocycles. The van der Waals surface area contributed by atoms with E-state index in [0.29, 0.717) is 0 Å². The van der Waals surface area contributed by atoms with Crippen molar-refractivity contribution >= 4 is 17.0 Å². The summed E-state index contributed by atoms with van der Waals surface area (Å²) in [6.07, 6.45) is 0. The van der Waals surface area contributed by atoms with Crippen molar-refractivity contribution in [3.63, 3.8) is 0 Å². The summed E-state index contributed by atoms with van der Waals surface area (Å²) in [4.78, 5) is 4.33. The molecule has 0 spiro atoms. The number of aryl methyl sites for hydroxylation is 2. The maximum absolute atomic E-state index is 9.17. The Kier molecular flexibility index (Phi) is 3.40. The molecule has 2 rings (SSSR count). The van der Waals surface area contributed by atoms with Crippen LogP contribution >= 0.6 is 11.3 Å². The smallest absolute Gasteiger partial charge is 0.166 e. The van der Waals surface area contributed by atoms with E-state index in [1.54, 1.807) is 0 Å². The monoisotopic (exact) mass is 243 g/mol. The molecule has 0 fully saturated rings. The minimum atomic E-state index is -0.379. The van der Waals surface area contributed by atoms with E-state index in [9.17, 15) is 5.26 Å². The highest BCUT2D eigenvalue weighted by molar-refractivity contribution is 7.09. The fourth-order valence-corrected chi connectivity index (χ4v) is 2.34. The zero-order chi connectivity index (χ0) is 12.3. The van der Waals surface area contributed by atoms with E-state index in [2.05, 4.69) is 16.4 Å². The number of nitrogens with one attached hydrogen (secondary N) is 1. The summed E-state index contributed by atoms with van der Waals surface area (Å²) >= 11 is 1.51. The number of benzene rings is 1. The van der Waals surface area contributed by atoms with Crippen molar-refractivity contribution in [1.29, 1.82) is 5.26 Å². The molecule has 0 aliphatic rings. The Hall–Kier alpha value is -1.86. The van der Waals surface area contributed by atoms with Gasteiger partial charge in [0.05, 0.1) is 6.07 Å². The lowest BCUT2D eigenvalue weighted by Crippen LogP contribution is -2.08. The maximum atomic E-state index is 9.17. The summed E-state index contributed by atoms with van der Waals surface area (Å²) in [6, 6.07) is 9.83. The highest BCUT2D eigenvalue weighted by atomic mass is 32.1. The van der Waals surface area contributed by atoms with E-state index < -0.39 is 0 Å². The van der Waals surface area contributed by atoms with Gasteiger partial charge in [0.15, 0.2) is 6.04 Å². The van der Waals surface area contributed by atoms with Gasteiger partial charge < -0.3 is 5.32 Å². The first-order chi connectivity index (χ1) is 8.19. The van der Waals surface area contributed by atoms with Gasteiger partial charge in [0.2, 0.25) is 0 Å². The molecule has 0 radical (unpaired) electrons. The second kappa shape index (κ2) is 4.98. The summed E-state index contributed by atoms with van der Waals surface area (Å²) in [5.74, 6) is 0. The first-order valence-corrected chi connectivity index (χ1v) is 6.22. The molecule has 1 aromatic heterocycles. The molecule has 2 aromatic rings. The van der Waals surface area contributed by atoms with Crippen LogP contribution in [0.25, 0.3) is 0 Å². The molecule has 1 unspecified atom stereocenters. The summed E-state index contributed by atoms with van der Waals surface area (Å²) in [6.45, 7) is 3.96. The second-order valence-corrected chi connectivity index (χ2v) is 4.79. The van der Waals surface area contributed by atoms with Gasteiger partial charge in [-0.1, -0.05) is 12.1 Å². The number of hydrogen-bond donors (Lipinski definition) is 1. The molecule has 86 valence electrons. The second-order valence-electron chi connectivity index (χ2n) is 3.90. The van der Waals surface area contributed by atoms with E-state index in [1.807, 2.05) is 43.5 Å². The highest BCUT2D eigenvalue weighted by Crippen LogP contribution is 2.22.